The summed E-state index contributed by atoms with van der Waals surface area (Å²) in [7, 11) is 0. The monoisotopic (exact) mass is 443 g/mol. The Balaban J connectivity index is 1.84. The minimum Gasteiger partial charge on any atom is -0.477 e. The fraction of sp³-hybridized carbons (Fsp3) is 0.0909. The minimum atomic E-state index is -1.24. The maximum absolute atomic E-state index is 12.8. The molecule has 0 saturated carbocycles. The van der Waals surface area contributed by atoms with Crippen LogP contribution in [0.15, 0.2) is 64.9 Å². The predicted octanol–water partition coefficient (Wildman–Crippen LogP) is 5.71. The Labute approximate surface area is 180 Å². The van der Waals surface area contributed by atoms with Crippen LogP contribution in [-0.4, -0.2) is 15.6 Å². The van der Waals surface area contributed by atoms with Crippen LogP contribution in [0.1, 0.15) is 26.4 Å². The largest absolute Gasteiger partial charge is 0.477 e. The van der Waals surface area contributed by atoms with E-state index >= 15 is 0 Å². The van der Waals surface area contributed by atoms with Crippen LogP contribution in [0.2, 0.25) is 10.0 Å². The van der Waals surface area contributed by atoms with Gasteiger partial charge in [-0.05, 0) is 47.2 Å². The van der Waals surface area contributed by atoms with E-state index in [0.717, 1.165) is 16.0 Å². The fourth-order valence-corrected chi connectivity index (χ4v) is 4.40. The number of nitrogens with zero attached hydrogens (tertiary/aromatic N) is 1. The number of carboxylic acids is 1. The Kier molecular flexibility index (Phi) is 5.46. The minimum absolute atomic E-state index is 0.244. The molecule has 2 heterocycles. The molecule has 0 unspecified atom stereocenters. The van der Waals surface area contributed by atoms with E-state index in [1.165, 1.54) is 6.20 Å². The molecule has 2 aromatic heterocycles. The quantitative estimate of drug-likeness (QED) is 0.429. The van der Waals surface area contributed by atoms with Crippen molar-refractivity contribution < 1.29 is 9.90 Å². The molecule has 0 fully saturated rings. The lowest BCUT2D eigenvalue weighted by molar-refractivity contribution is 0.0695. The molecule has 2 aromatic carbocycles. The van der Waals surface area contributed by atoms with Crippen LogP contribution < -0.4 is 5.43 Å². The second kappa shape index (κ2) is 8.03. The molecule has 0 aliphatic carbocycles. The number of hydrogen-bond donors (Lipinski definition) is 1. The Morgan fingerprint density at radius 1 is 1.10 bits per heavy atom. The number of aromatic nitrogens is 1. The van der Waals surface area contributed by atoms with Crippen molar-refractivity contribution in [2.75, 3.05) is 0 Å². The zero-order chi connectivity index (χ0) is 20.5. The summed E-state index contributed by atoms with van der Waals surface area (Å²) in [5, 5.41) is 12.8. The second-order valence-corrected chi connectivity index (χ2v) is 8.44. The molecule has 4 rings (SSSR count). The van der Waals surface area contributed by atoms with Gasteiger partial charge in [-0.3, -0.25) is 4.79 Å². The Morgan fingerprint density at radius 2 is 1.93 bits per heavy atom. The van der Waals surface area contributed by atoms with Crippen molar-refractivity contribution in [3.63, 3.8) is 0 Å². The number of carbonyl (C=O) groups is 1. The van der Waals surface area contributed by atoms with Crippen molar-refractivity contribution in [1.82, 2.24) is 4.57 Å². The first kappa shape index (κ1) is 19.7. The zero-order valence-corrected chi connectivity index (χ0v) is 17.4. The summed E-state index contributed by atoms with van der Waals surface area (Å²) in [6.45, 7) is 0.494. The van der Waals surface area contributed by atoms with Gasteiger partial charge in [0, 0.05) is 16.5 Å². The number of rotatable bonds is 5. The van der Waals surface area contributed by atoms with E-state index < -0.39 is 11.4 Å². The molecule has 0 atom stereocenters. The van der Waals surface area contributed by atoms with Crippen molar-refractivity contribution >= 4 is 51.4 Å². The molecule has 0 amide bonds. The number of pyridine rings is 1. The molecule has 0 aliphatic heterocycles. The number of halogens is 2. The highest BCUT2D eigenvalue weighted by Crippen LogP contribution is 2.28. The van der Waals surface area contributed by atoms with Gasteiger partial charge in [-0.2, -0.15) is 0 Å². The fourth-order valence-electron chi connectivity index (χ4n) is 3.31. The van der Waals surface area contributed by atoms with Crippen LogP contribution in [0.3, 0.4) is 0 Å². The van der Waals surface area contributed by atoms with Crippen LogP contribution >= 0.6 is 34.5 Å². The first-order valence-corrected chi connectivity index (χ1v) is 10.4. The first-order chi connectivity index (χ1) is 13.9. The second-order valence-electron chi connectivity index (χ2n) is 6.63. The maximum Gasteiger partial charge on any atom is 0.341 e. The summed E-state index contributed by atoms with van der Waals surface area (Å²) < 4.78 is 1.81. The van der Waals surface area contributed by atoms with E-state index in [0.29, 0.717) is 33.9 Å². The number of aromatic carboxylic acids is 1. The summed E-state index contributed by atoms with van der Waals surface area (Å²) in [5.41, 5.74) is 1.64. The molecular formula is C22H15Cl2NO3S. The number of benzene rings is 2. The number of carboxylic acid groups (broad SMARTS) is 1. The summed E-state index contributed by atoms with van der Waals surface area (Å²) >= 11 is 14.0. The van der Waals surface area contributed by atoms with Gasteiger partial charge in [-0.25, -0.2) is 4.79 Å². The lowest BCUT2D eigenvalue weighted by atomic mass is 10.0. The molecule has 0 bridgehead atoms. The third-order valence-corrected chi connectivity index (χ3v) is 6.43. The van der Waals surface area contributed by atoms with Gasteiger partial charge in [-0.15, -0.1) is 11.3 Å². The summed E-state index contributed by atoms with van der Waals surface area (Å²) in [4.78, 5) is 25.5. The molecule has 29 heavy (non-hydrogen) atoms. The molecule has 146 valence electrons. The van der Waals surface area contributed by atoms with E-state index in [1.54, 1.807) is 23.5 Å². The average molecular weight is 444 g/mol. The van der Waals surface area contributed by atoms with E-state index in [-0.39, 0.29) is 5.56 Å². The van der Waals surface area contributed by atoms with Crippen LogP contribution in [-0.2, 0) is 13.0 Å². The third-order valence-electron chi connectivity index (χ3n) is 4.71. The number of fused-ring (bicyclic) bond motifs is 1. The SMILES string of the molecule is O=C(O)c1cn(Cc2cccs2)c2ccc(Cc3cccc(Cl)c3Cl)cc2c1=O. The average Bonchev–Trinajstić information content (AvgIpc) is 3.20. The normalized spacial score (nSPS) is 11.1. The molecule has 0 radical (unpaired) electrons. The predicted molar refractivity (Wildman–Crippen MR) is 118 cm³/mol. The van der Waals surface area contributed by atoms with Gasteiger partial charge in [0.1, 0.15) is 5.56 Å². The van der Waals surface area contributed by atoms with Crippen molar-refractivity contribution in [3.05, 3.63) is 102 Å². The number of thiophene rings is 1. The van der Waals surface area contributed by atoms with Crippen molar-refractivity contribution in [3.8, 4) is 0 Å². The van der Waals surface area contributed by atoms with E-state index in [1.807, 2.05) is 46.3 Å². The number of hydrogen-bond acceptors (Lipinski definition) is 3. The van der Waals surface area contributed by atoms with Crippen LogP contribution in [0.5, 0.6) is 0 Å². The molecule has 4 nitrogen and oxygen atoms in total. The van der Waals surface area contributed by atoms with E-state index in [4.69, 9.17) is 23.2 Å². The molecule has 0 saturated heterocycles. The Morgan fingerprint density at radius 3 is 2.66 bits per heavy atom. The highest BCUT2D eigenvalue weighted by molar-refractivity contribution is 7.09. The Bertz CT molecular complexity index is 1280. The smallest absolute Gasteiger partial charge is 0.341 e. The molecular weight excluding hydrogens is 429 g/mol. The maximum atomic E-state index is 12.8. The van der Waals surface area contributed by atoms with Crippen molar-refractivity contribution in [1.29, 1.82) is 0 Å². The van der Waals surface area contributed by atoms with Crippen LogP contribution in [0.4, 0.5) is 0 Å². The van der Waals surface area contributed by atoms with E-state index in [2.05, 4.69) is 0 Å². The van der Waals surface area contributed by atoms with Gasteiger partial charge in [0.05, 0.1) is 22.1 Å². The van der Waals surface area contributed by atoms with Crippen molar-refractivity contribution in [2.45, 2.75) is 13.0 Å². The van der Waals surface area contributed by atoms with Crippen LogP contribution in [0.25, 0.3) is 10.9 Å². The van der Waals surface area contributed by atoms with Gasteiger partial charge >= 0.3 is 5.97 Å². The molecule has 1 N–H and O–H groups in total. The molecule has 0 spiro atoms. The van der Waals surface area contributed by atoms with Gasteiger partial charge in [0.2, 0.25) is 5.43 Å². The van der Waals surface area contributed by atoms with Gasteiger partial charge < -0.3 is 9.67 Å². The molecule has 0 aliphatic rings. The van der Waals surface area contributed by atoms with Gasteiger partial charge in [-0.1, -0.05) is 47.5 Å². The summed E-state index contributed by atoms with van der Waals surface area (Å²) in [6.07, 6.45) is 1.90. The van der Waals surface area contributed by atoms with Gasteiger partial charge in [0.25, 0.3) is 0 Å². The highest BCUT2D eigenvalue weighted by Gasteiger charge is 2.16. The zero-order valence-electron chi connectivity index (χ0n) is 15.1. The van der Waals surface area contributed by atoms with Gasteiger partial charge in [0.15, 0.2) is 0 Å². The first-order valence-electron chi connectivity index (χ1n) is 8.78. The Hall–Kier alpha value is -2.60. The van der Waals surface area contributed by atoms with E-state index in [9.17, 15) is 14.7 Å². The lowest BCUT2D eigenvalue weighted by Gasteiger charge is -2.13. The lowest BCUT2D eigenvalue weighted by Crippen LogP contribution is -2.19. The summed E-state index contributed by atoms with van der Waals surface area (Å²) in [5.74, 6) is -1.24. The van der Waals surface area contributed by atoms with Crippen molar-refractivity contribution in [2.24, 2.45) is 0 Å². The topological polar surface area (TPSA) is 59.3 Å². The molecule has 7 heteroatoms. The third kappa shape index (κ3) is 3.94. The standard InChI is InChI=1S/C22H15Cl2NO3S/c23-18-5-1-3-14(20(18)24)9-13-6-7-19-16(10-13)21(26)17(22(27)28)12-25(19)11-15-4-2-8-29-15/h1-8,10,12H,9,11H2,(H,27,28). The van der Waals surface area contributed by atoms with Crippen LogP contribution in [0, 0.1) is 0 Å². The highest BCUT2D eigenvalue weighted by atomic mass is 35.5. The summed E-state index contributed by atoms with van der Waals surface area (Å²) in [6, 6.07) is 14.8. The molecule has 4 aromatic rings.